The van der Waals surface area contributed by atoms with E-state index in [1.54, 1.807) is 0 Å². The van der Waals surface area contributed by atoms with Crippen LogP contribution in [-0.4, -0.2) is 33.9 Å². The van der Waals surface area contributed by atoms with Crippen molar-refractivity contribution in [2.24, 2.45) is 0 Å². The van der Waals surface area contributed by atoms with Gasteiger partial charge in [-0.05, 0) is 50.3 Å². The highest BCUT2D eigenvalue weighted by Gasteiger charge is 2.16. The Labute approximate surface area is 176 Å². The molecule has 0 spiro atoms. The molecule has 2 aromatic heterocycles. The van der Waals surface area contributed by atoms with Gasteiger partial charge in [0.2, 0.25) is 12.7 Å². The van der Waals surface area contributed by atoms with Gasteiger partial charge in [0.15, 0.2) is 21.8 Å². The van der Waals surface area contributed by atoms with Crippen molar-refractivity contribution in [1.29, 1.82) is 0 Å². The zero-order valence-electron chi connectivity index (χ0n) is 16.3. The fourth-order valence-electron chi connectivity index (χ4n) is 3.10. The Morgan fingerprint density at radius 2 is 1.93 bits per heavy atom. The molecule has 1 N–H and O–H groups in total. The van der Waals surface area contributed by atoms with Crippen LogP contribution in [0, 0.1) is 13.8 Å². The average Bonchev–Trinajstić information content (AvgIpc) is 3.35. The van der Waals surface area contributed by atoms with Crippen molar-refractivity contribution in [2.45, 2.75) is 31.8 Å². The second-order valence-electron chi connectivity index (χ2n) is 6.51. The number of carbonyl (C=O) groups excluding carboxylic acids is 1. The fourth-order valence-corrected chi connectivity index (χ4v) is 4.29. The summed E-state index contributed by atoms with van der Waals surface area (Å²) in [4.78, 5) is 25.9. The number of hydrogen-bond donors (Lipinski definition) is 1. The van der Waals surface area contributed by atoms with E-state index in [9.17, 15) is 4.79 Å². The number of rotatable bonds is 6. The average molecular weight is 429 g/mol. The van der Waals surface area contributed by atoms with Gasteiger partial charge in [0.05, 0.1) is 5.69 Å². The van der Waals surface area contributed by atoms with Gasteiger partial charge in [-0.25, -0.2) is 15.0 Å². The van der Waals surface area contributed by atoms with Crippen molar-refractivity contribution >= 4 is 34.1 Å². The number of nitrogens with one attached hydrogen (secondary N) is 1. The summed E-state index contributed by atoms with van der Waals surface area (Å²) in [5, 5.41) is 6.13. The second kappa shape index (κ2) is 8.38. The Bertz CT molecular complexity index is 1040. The lowest BCUT2D eigenvalue weighted by molar-refractivity contribution is -0.116. The lowest BCUT2D eigenvalue weighted by atomic mass is 10.1. The summed E-state index contributed by atoms with van der Waals surface area (Å²) in [5.41, 5.74) is 4.58. The molecule has 1 amide bonds. The molecule has 3 heterocycles. The maximum Gasteiger partial charge on any atom is 0.231 e. The number of amides is 1. The third kappa shape index (κ3) is 4.35. The minimum atomic E-state index is -0.0793. The molecule has 0 bridgehead atoms. The molecule has 1 aliphatic rings. The molecule has 0 saturated heterocycles. The van der Waals surface area contributed by atoms with Crippen LogP contribution in [0.15, 0.2) is 28.7 Å². The van der Waals surface area contributed by atoms with Crippen LogP contribution < -0.4 is 14.8 Å². The highest BCUT2D eigenvalue weighted by molar-refractivity contribution is 7.98. The number of benzene rings is 1. The third-order valence-electron chi connectivity index (χ3n) is 4.60. The van der Waals surface area contributed by atoms with Gasteiger partial charge in [-0.1, -0.05) is 11.8 Å². The number of fused-ring (bicyclic) bond motifs is 1. The Hall–Kier alpha value is -2.65. The van der Waals surface area contributed by atoms with E-state index in [2.05, 4.69) is 20.3 Å². The third-order valence-corrected chi connectivity index (χ3v) is 5.91. The van der Waals surface area contributed by atoms with Gasteiger partial charge in [0.25, 0.3) is 0 Å². The zero-order valence-corrected chi connectivity index (χ0v) is 17.9. The molecule has 1 aliphatic heterocycles. The predicted molar refractivity (Wildman–Crippen MR) is 114 cm³/mol. The van der Waals surface area contributed by atoms with Crippen LogP contribution in [0.5, 0.6) is 11.5 Å². The van der Waals surface area contributed by atoms with Crippen molar-refractivity contribution in [3.8, 4) is 22.8 Å². The van der Waals surface area contributed by atoms with Crippen LogP contribution in [0.4, 0.5) is 5.13 Å². The monoisotopic (exact) mass is 428 g/mol. The number of aryl methyl sites for hydroxylation is 2. The van der Waals surface area contributed by atoms with Gasteiger partial charge in [0, 0.05) is 28.8 Å². The Balaban J connectivity index is 1.39. The molecule has 1 aromatic carbocycles. The van der Waals surface area contributed by atoms with Crippen molar-refractivity contribution in [1.82, 2.24) is 15.0 Å². The van der Waals surface area contributed by atoms with Crippen LogP contribution in [0.3, 0.4) is 0 Å². The number of thioether (sulfide) groups is 1. The Morgan fingerprint density at radius 3 is 2.69 bits per heavy atom. The fraction of sp³-hybridized carbons (Fsp3) is 0.300. The maximum atomic E-state index is 12.4. The van der Waals surface area contributed by atoms with Crippen LogP contribution in [-0.2, 0) is 11.2 Å². The summed E-state index contributed by atoms with van der Waals surface area (Å²) < 4.78 is 10.7. The summed E-state index contributed by atoms with van der Waals surface area (Å²) in [6, 6.07) is 5.69. The minimum absolute atomic E-state index is 0.0793. The number of hydrogen-bond acceptors (Lipinski definition) is 8. The van der Waals surface area contributed by atoms with E-state index in [1.165, 1.54) is 23.1 Å². The highest BCUT2D eigenvalue weighted by atomic mass is 32.2. The van der Waals surface area contributed by atoms with Crippen molar-refractivity contribution in [3.05, 3.63) is 40.5 Å². The molecule has 9 heteroatoms. The maximum absolute atomic E-state index is 12.4. The van der Waals surface area contributed by atoms with Crippen molar-refractivity contribution in [3.63, 3.8) is 0 Å². The van der Waals surface area contributed by atoms with E-state index >= 15 is 0 Å². The van der Waals surface area contributed by atoms with Crippen molar-refractivity contribution in [2.75, 3.05) is 18.4 Å². The molecule has 29 heavy (non-hydrogen) atoms. The molecule has 7 nitrogen and oxygen atoms in total. The number of thiazole rings is 1. The first-order valence-electron chi connectivity index (χ1n) is 9.07. The molecule has 0 aliphatic carbocycles. The zero-order chi connectivity index (χ0) is 20.4. The highest BCUT2D eigenvalue weighted by Crippen LogP contribution is 2.36. The van der Waals surface area contributed by atoms with E-state index in [0.717, 1.165) is 39.1 Å². The summed E-state index contributed by atoms with van der Waals surface area (Å²) in [6.07, 6.45) is 2.90. The van der Waals surface area contributed by atoms with E-state index in [-0.39, 0.29) is 12.7 Å². The lowest BCUT2D eigenvalue weighted by Crippen LogP contribution is -2.13. The van der Waals surface area contributed by atoms with Gasteiger partial charge in [-0.15, -0.1) is 11.3 Å². The predicted octanol–water partition coefficient (Wildman–Crippen LogP) is 4.24. The summed E-state index contributed by atoms with van der Waals surface area (Å²) in [6.45, 7) is 4.15. The standard InChI is InChI=1S/C20H20N4O3S2/c1-11-14(12(2)22-19(21-11)28-3)5-7-18(25)24-20-23-15(9-29-20)13-4-6-16-17(8-13)27-10-26-16/h4,6,8-9H,5,7,10H2,1-3H3,(H,23,24,25). The molecule has 0 unspecified atom stereocenters. The first kappa shape index (κ1) is 19.7. The number of carbonyl (C=O) groups is 1. The van der Waals surface area contributed by atoms with Gasteiger partial charge in [-0.2, -0.15) is 0 Å². The molecule has 0 fully saturated rings. The quantitative estimate of drug-likeness (QED) is 0.464. The summed E-state index contributed by atoms with van der Waals surface area (Å²) in [7, 11) is 0. The molecule has 0 atom stereocenters. The topological polar surface area (TPSA) is 86.2 Å². The minimum Gasteiger partial charge on any atom is -0.454 e. The van der Waals surface area contributed by atoms with Crippen molar-refractivity contribution < 1.29 is 14.3 Å². The molecule has 150 valence electrons. The van der Waals surface area contributed by atoms with E-state index < -0.39 is 0 Å². The summed E-state index contributed by atoms with van der Waals surface area (Å²) in [5.74, 6) is 1.36. The van der Waals surface area contributed by atoms with Crippen LogP contribution in [0.1, 0.15) is 23.4 Å². The Morgan fingerprint density at radius 1 is 1.17 bits per heavy atom. The van der Waals surface area contributed by atoms with Gasteiger partial charge in [0.1, 0.15) is 0 Å². The van der Waals surface area contributed by atoms with Gasteiger partial charge < -0.3 is 14.8 Å². The summed E-state index contributed by atoms with van der Waals surface area (Å²) >= 11 is 2.91. The molecule has 0 saturated carbocycles. The van der Waals surface area contributed by atoms with E-state index in [4.69, 9.17) is 9.47 Å². The molecule has 3 aromatic rings. The molecule has 4 rings (SSSR count). The number of anilines is 1. The second-order valence-corrected chi connectivity index (χ2v) is 8.15. The van der Waals surface area contributed by atoms with E-state index in [1.807, 2.05) is 43.7 Å². The van der Waals surface area contributed by atoms with Crippen LogP contribution >= 0.6 is 23.1 Å². The van der Waals surface area contributed by atoms with Gasteiger partial charge in [-0.3, -0.25) is 4.79 Å². The lowest BCUT2D eigenvalue weighted by Gasteiger charge is -2.09. The van der Waals surface area contributed by atoms with Crippen LogP contribution in [0.25, 0.3) is 11.3 Å². The van der Waals surface area contributed by atoms with Gasteiger partial charge >= 0.3 is 0 Å². The smallest absolute Gasteiger partial charge is 0.231 e. The normalized spacial score (nSPS) is 12.2. The largest absolute Gasteiger partial charge is 0.454 e. The number of aromatic nitrogens is 3. The number of nitrogens with zero attached hydrogens (tertiary/aromatic N) is 3. The van der Waals surface area contributed by atoms with E-state index in [0.29, 0.717) is 23.7 Å². The number of ether oxygens (including phenoxy) is 2. The molecular formula is C20H20N4O3S2. The Kier molecular flexibility index (Phi) is 5.68. The first-order valence-corrected chi connectivity index (χ1v) is 11.2. The molecular weight excluding hydrogens is 408 g/mol. The first-order chi connectivity index (χ1) is 14.0. The van der Waals surface area contributed by atoms with Crippen LogP contribution in [0.2, 0.25) is 0 Å². The SMILES string of the molecule is CSc1nc(C)c(CCC(=O)Nc2nc(-c3ccc4c(c3)OCO4)cs2)c(C)n1. The molecule has 0 radical (unpaired) electrons.